The summed E-state index contributed by atoms with van der Waals surface area (Å²) in [5.74, 6) is -0.250. The van der Waals surface area contributed by atoms with Gasteiger partial charge in [-0.3, -0.25) is 9.82 Å². The highest BCUT2D eigenvalue weighted by Gasteiger charge is 2.16. The summed E-state index contributed by atoms with van der Waals surface area (Å²) in [6, 6.07) is 15.5. The average Bonchev–Trinajstić information content (AvgIpc) is 3.25. The molecule has 4 N–H and O–H groups in total. The van der Waals surface area contributed by atoms with Gasteiger partial charge in [-0.2, -0.15) is 8.78 Å². The van der Waals surface area contributed by atoms with E-state index in [1.807, 2.05) is 0 Å². The highest BCUT2D eigenvalue weighted by Crippen LogP contribution is 2.27. The molecule has 1 atom stereocenters. The number of ether oxygens (including phenoxy) is 2. The molecule has 0 radical (unpaired) electrons. The number of anilines is 1. The van der Waals surface area contributed by atoms with Gasteiger partial charge >= 0.3 is 6.61 Å². The van der Waals surface area contributed by atoms with E-state index in [-0.39, 0.29) is 29.6 Å². The number of hydrogen-bond donors (Lipinski definition) is 4. The molecule has 3 aromatic carbocycles. The fraction of sp³-hybridized carbons (Fsp3) is 0.208. The van der Waals surface area contributed by atoms with Gasteiger partial charge < -0.3 is 19.9 Å². The van der Waals surface area contributed by atoms with E-state index in [9.17, 15) is 26.7 Å². The van der Waals surface area contributed by atoms with Gasteiger partial charge in [0.15, 0.2) is 0 Å². The third-order valence-corrected chi connectivity index (χ3v) is 6.63. The third-order valence-electron chi connectivity index (χ3n) is 5.23. The van der Waals surface area contributed by atoms with Crippen LogP contribution >= 0.6 is 0 Å². The zero-order chi connectivity index (χ0) is 26.4. The molecule has 4 rings (SSSR count). The third kappa shape index (κ3) is 6.90. The van der Waals surface area contributed by atoms with Crippen LogP contribution in [-0.2, 0) is 10.0 Å². The molecule has 0 bridgehead atoms. The number of nitrogens with zero attached hydrogens (tertiary/aromatic N) is 1. The van der Waals surface area contributed by atoms with Crippen LogP contribution in [0.2, 0.25) is 0 Å². The average molecular weight is 537 g/mol. The van der Waals surface area contributed by atoms with Crippen molar-refractivity contribution in [3.05, 3.63) is 78.1 Å². The number of aromatic amines is 1. The molecule has 13 heteroatoms. The quantitative estimate of drug-likeness (QED) is 0.203. The summed E-state index contributed by atoms with van der Waals surface area (Å²) in [4.78, 5) is -0.0878. The second kappa shape index (κ2) is 11.5. The van der Waals surface area contributed by atoms with Crippen LogP contribution < -0.4 is 19.5 Å². The smallest absolute Gasteiger partial charge is 0.388 e. The summed E-state index contributed by atoms with van der Waals surface area (Å²) in [6.07, 6.45) is -0.926. The van der Waals surface area contributed by atoms with Crippen LogP contribution in [0.5, 0.6) is 11.6 Å². The van der Waals surface area contributed by atoms with Gasteiger partial charge in [0.05, 0.1) is 21.9 Å². The van der Waals surface area contributed by atoms with Crippen LogP contribution in [-0.4, -0.2) is 50.0 Å². The van der Waals surface area contributed by atoms with Crippen molar-refractivity contribution in [3.8, 4) is 11.6 Å². The van der Waals surface area contributed by atoms with Crippen molar-refractivity contribution in [1.29, 1.82) is 0 Å². The number of H-pyrrole nitrogens is 1. The van der Waals surface area contributed by atoms with E-state index < -0.39 is 28.6 Å². The van der Waals surface area contributed by atoms with Crippen LogP contribution in [0.15, 0.2) is 71.6 Å². The first-order valence-corrected chi connectivity index (χ1v) is 12.5. The Morgan fingerprint density at radius 3 is 2.59 bits per heavy atom. The molecule has 0 fully saturated rings. The second-order valence-corrected chi connectivity index (χ2v) is 9.55. The van der Waals surface area contributed by atoms with Gasteiger partial charge in [0.1, 0.15) is 18.2 Å². The Hall–Kier alpha value is -3.81. The molecule has 37 heavy (non-hydrogen) atoms. The predicted octanol–water partition coefficient (Wildman–Crippen LogP) is 3.81. The molecule has 0 aliphatic heterocycles. The molecule has 0 spiro atoms. The number of sulfonamides is 1. The maximum absolute atomic E-state index is 13.1. The molecule has 196 valence electrons. The van der Waals surface area contributed by atoms with Gasteiger partial charge in [-0.05, 0) is 54.1 Å². The van der Waals surface area contributed by atoms with E-state index in [0.29, 0.717) is 28.8 Å². The number of rotatable bonds is 12. The first kappa shape index (κ1) is 26.3. The number of nitrogens with one attached hydrogen (secondary N) is 3. The highest BCUT2D eigenvalue weighted by atomic mass is 32.2. The Morgan fingerprint density at radius 2 is 1.84 bits per heavy atom. The van der Waals surface area contributed by atoms with E-state index in [1.165, 1.54) is 12.1 Å². The zero-order valence-electron chi connectivity index (χ0n) is 19.2. The normalized spacial score (nSPS) is 12.6. The predicted molar refractivity (Wildman–Crippen MR) is 130 cm³/mol. The van der Waals surface area contributed by atoms with Crippen LogP contribution in [0.25, 0.3) is 10.9 Å². The SMILES string of the molecule is O=S(=O)(Nc1cccc(C(O)CNCCOc2ccc3c(OC(F)F)n[nH]c3c2)c1)c1ccc(F)cc1. The van der Waals surface area contributed by atoms with Crippen LogP contribution in [0.1, 0.15) is 11.7 Å². The van der Waals surface area contributed by atoms with Crippen molar-refractivity contribution in [2.75, 3.05) is 24.4 Å². The zero-order valence-corrected chi connectivity index (χ0v) is 20.0. The highest BCUT2D eigenvalue weighted by molar-refractivity contribution is 7.92. The number of benzene rings is 3. The summed E-state index contributed by atoms with van der Waals surface area (Å²) >= 11 is 0. The molecule has 9 nitrogen and oxygen atoms in total. The molecule has 0 saturated carbocycles. The number of halogens is 3. The van der Waals surface area contributed by atoms with Crippen molar-refractivity contribution in [1.82, 2.24) is 15.5 Å². The topological polar surface area (TPSA) is 126 Å². The van der Waals surface area contributed by atoms with Gasteiger partial charge in [-0.15, -0.1) is 5.10 Å². The molecule has 0 aliphatic carbocycles. The van der Waals surface area contributed by atoms with E-state index in [4.69, 9.17) is 4.74 Å². The summed E-state index contributed by atoms with van der Waals surface area (Å²) in [5, 5.41) is 20.2. The molecule has 1 aromatic heterocycles. The lowest BCUT2D eigenvalue weighted by atomic mass is 10.1. The molecule has 0 aliphatic rings. The Labute approximate surface area is 210 Å². The fourth-order valence-corrected chi connectivity index (χ4v) is 4.52. The van der Waals surface area contributed by atoms with Gasteiger partial charge in [0.2, 0.25) is 5.88 Å². The number of alkyl halides is 2. The second-order valence-electron chi connectivity index (χ2n) is 7.87. The van der Waals surface area contributed by atoms with Gasteiger partial charge in [-0.1, -0.05) is 12.1 Å². The molecule has 1 heterocycles. The minimum Gasteiger partial charge on any atom is -0.492 e. The van der Waals surface area contributed by atoms with E-state index >= 15 is 0 Å². The molecule has 0 saturated heterocycles. The molecular weight excluding hydrogens is 513 g/mol. The monoisotopic (exact) mass is 536 g/mol. The van der Waals surface area contributed by atoms with Gasteiger partial charge in [-0.25, -0.2) is 12.8 Å². The molecule has 4 aromatic rings. The van der Waals surface area contributed by atoms with Crippen molar-refractivity contribution >= 4 is 26.6 Å². The maximum Gasteiger partial charge on any atom is 0.388 e. The summed E-state index contributed by atoms with van der Waals surface area (Å²) in [6.45, 7) is -2.17. The van der Waals surface area contributed by atoms with E-state index in [1.54, 1.807) is 30.3 Å². The Kier molecular flexibility index (Phi) is 8.16. The van der Waals surface area contributed by atoms with Crippen LogP contribution in [0.3, 0.4) is 0 Å². The maximum atomic E-state index is 13.1. The van der Waals surface area contributed by atoms with E-state index in [2.05, 4.69) is 25.0 Å². The molecular formula is C24H23F3N4O5S. The lowest BCUT2D eigenvalue weighted by Gasteiger charge is -2.15. The minimum atomic E-state index is -3.92. The van der Waals surface area contributed by atoms with Gasteiger partial charge in [0.25, 0.3) is 10.0 Å². The van der Waals surface area contributed by atoms with E-state index in [0.717, 1.165) is 24.3 Å². The number of aromatic nitrogens is 2. The van der Waals surface area contributed by atoms with Crippen LogP contribution in [0.4, 0.5) is 18.9 Å². The fourth-order valence-electron chi connectivity index (χ4n) is 3.47. The molecule has 1 unspecified atom stereocenters. The lowest BCUT2D eigenvalue weighted by Crippen LogP contribution is -2.26. The molecule has 0 amide bonds. The number of aliphatic hydroxyl groups excluding tert-OH is 1. The summed E-state index contributed by atoms with van der Waals surface area (Å²) in [5.41, 5.74) is 1.21. The summed E-state index contributed by atoms with van der Waals surface area (Å²) < 4.78 is 75.3. The number of fused-ring (bicyclic) bond motifs is 1. The number of aliphatic hydroxyl groups is 1. The summed E-state index contributed by atoms with van der Waals surface area (Å²) in [7, 11) is -3.92. The largest absolute Gasteiger partial charge is 0.492 e. The first-order chi connectivity index (χ1) is 17.7. The van der Waals surface area contributed by atoms with Crippen molar-refractivity contribution in [2.24, 2.45) is 0 Å². The van der Waals surface area contributed by atoms with Gasteiger partial charge in [0, 0.05) is 24.8 Å². The standard InChI is InChI=1S/C24H23F3N4O5S/c25-16-4-7-19(8-5-16)37(33,34)31-17-3-1-2-15(12-17)22(32)14-28-10-11-35-18-6-9-20-21(13-18)29-30-23(20)36-24(26)27/h1-9,12-13,22,24,28,31-32H,10-11,14H2,(H,29,30). The minimum absolute atomic E-state index is 0.0878. The number of hydrogen-bond acceptors (Lipinski definition) is 7. The van der Waals surface area contributed by atoms with Crippen LogP contribution in [0, 0.1) is 5.82 Å². The lowest BCUT2D eigenvalue weighted by molar-refractivity contribution is -0.0518. The van der Waals surface area contributed by atoms with Crippen molar-refractivity contribution in [3.63, 3.8) is 0 Å². The van der Waals surface area contributed by atoms with Crippen molar-refractivity contribution < 1.29 is 36.2 Å². The first-order valence-electron chi connectivity index (χ1n) is 11.0. The van der Waals surface area contributed by atoms with Crippen molar-refractivity contribution in [2.45, 2.75) is 17.6 Å². The Balaban J connectivity index is 1.25. The Morgan fingerprint density at radius 1 is 1.05 bits per heavy atom. The Bertz CT molecular complexity index is 1450.